The van der Waals surface area contributed by atoms with Gasteiger partial charge in [-0.2, -0.15) is 15.3 Å². The maximum absolute atomic E-state index is 13.3. The number of fused-ring (bicyclic) bond motifs is 2. The fourth-order valence-corrected chi connectivity index (χ4v) is 5.73. The molecule has 4 aromatic rings. The van der Waals surface area contributed by atoms with Crippen molar-refractivity contribution in [3.05, 3.63) is 65.0 Å². The van der Waals surface area contributed by atoms with Crippen LogP contribution < -0.4 is 15.2 Å². The topological polar surface area (TPSA) is 119 Å². The zero-order chi connectivity index (χ0) is 26.4. The highest BCUT2D eigenvalue weighted by molar-refractivity contribution is 6.02. The van der Waals surface area contributed by atoms with Gasteiger partial charge in [-0.05, 0) is 62.4 Å². The van der Waals surface area contributed by atoms with Gasteiger partial charge in [0.25, 0.3) is 0 Å². The van der Waals surface area contributed by atoms with Crippen molar-refractivity contribution < 1.29 is 14.3 Å². The number of aromatic nitrogens is 4. The van der Waals surface area contributed by atoms with Gasteiger partial charge in [-0.15, -0.1) is 0 Å². The Morgan fingerprint density at radius 2 is 2.00 bits per heavy atom. The first-order valence-electron chi connectivity index (χ1n) is 13.1. The lowest BCUT2D eigenvalue weighted by Gasteiger charge is -2.43. The number of nitrogens with one attached hydrogen (secondary N) is 1. The lowest BCUT2D eigenvalue weighted by Crippen LogP contribution is -2.50. The Kier molecular flexibility index (Phi) is 6.12. The third kappa shape index (κ3) is 4.31. The normalized spacial score (nSPS) is 17.8. The average molecular weight is 513 g/mol. The average Bonchev–Trinajstić information content (AvgIpc) is 3.32. The maximum Gasteiger partial charge on any atom is 0.176 e. The number of nitrogens with two attached hydrogens (primary N) is 1. The van der Waals surface area contributed by atoms with Crippen molar-refractivity contribution in [3.63, 3.8) is 0 Å². The minimum Gasteiger partial charge on any atom is -0.486 e. The SMILES string of the molecule is CCN1CCC2(CC1)CC(=O)c1cc(-c3n[nH]c4ccc(O[C@H](N)c5c(C)cnnc5C)cc34)ccc1O2. The fraction of sp³-hybridized carbons (Fsp3) is 0.379. The predicted octanol–water partition coefficient (Wildman–Crippen LogP) is 4.49. The second-order valence-electron chi connectivity index (χ2n) is 10.4. The summed E-state index contributed by atoms with van der Waals surface area (Å²) in [6, 6.07) is 11.5. The first-order chi connectivity index (χ1) is 18.4. The summed E-state index contributed by atoms with van der Waals surface area (Å²) in [5, 5.41) is 16.6. The van der Waals surface area contributed by atoms with E-state index in [2.05, 4.69) is 32.2 Å². The van der Waals surface area contributed by atoms with Gasteiger partial charge in [-0.25, -0.2) is 0 Å². The number of carbonyl (C=O) groups excluding carboxylic acids is 1. The lowest BCUT2D eigenvalue weighted by atomic mass is 9.82. The molecule has 0 aliphatic carbocycles. The summed E-state index contributed by atoms with van der Waals surface area (Å²) in [4.78, 5) is 15.7. The molecule has 0 saturated carbocycles. The van der Waals surface area contributed by atoms with Crippen molar-refractivity contribution in [1.82, 2.24) is 25.3 Å². The molecule has 3 N–H and O–H groups in total. The molecule has 2 aliphatic heterocycles. The molecule has 1 fully saturated rings. The van der Waals surface area contributed by atoms with Crippen LogP contribution in [0.15, 0.2) is 42.6 Å². The number of rotatable bonds is 5. The Bertz CT molecular complexity index is 1500. The van der Waals surface area contributed by atoms with Crippen LogP contribution in [0, 0.1) is 13.8 Å². The highest BCUT2D eigenvalue weighted by Crippen LogP contribution is 2.41. The molecule has 0 unspecified atom stereocenters. The van der Waals surface area contributed by atoms with E-state index in [4.69, 9.17) is 15.2 Å². The minimum absolute atomic E-state index is 0.129. The molecular formula is C29H32N6O3. The molecule has 9 nitrogen and oxygen atoms in total. The Hall–Kier alpha value is -3.82. The van der Waals surface area contributed by atoms with Crippen molar-refractivity contribution in [2.24, 2.45) is 5.73 Å². The summed E-state index contributed by atoms with van der Waals surface area (Å²) in [5.74, 6) is 1.41. The third-order valence-electron chi connectivity index (χ3n) is 7.93. The molecule has 1 saturated heterocycles. The summed E-state index contributed by atoms with van der Waals surface area (Å²) < 4.78 is 12.6. The van der Waals surface area contributed by atoms with E-state index in [1.807, 2.05) is 50.2 Å². The maximum atomic E-state index is 13.3. The highest BCUT2D eigenvalue weighted by atomic mass is 16.5. The second kappa shape index (κ2) is 9.49. The number of piperidine rings is 1. The van der Waals surface area contributed by atoms with Gasteiger partial charge < -0.3 is 14.4 Å². The van der Waals surface area contributed by atoms with Crippen LogP contribution in [0.2, 0.25) is 0 Å². The number of hydrogen-bond acceptors (Lipinski definition) is 8. The fourth-order valence-electron chi connectivity index (χ4n) is 5.73. The number of ether oxygens (including phenoxy) is 2. The molecule has 2 aromatic carbocycles. The van der Waals surface area contributed by atoms with Crippen molar-refractivity contribution >= 4 is 16.7 Å². The molecule has 2 aliphatic rings. The van der Waals surface area contributed by atoms with Gasteiger partial charge in [0.1, 0.15) is 22.8 Å². The summed E-state index contributed by atoms with van der Waals surface area (Å²) in [6.07, 6.45) is 3.16. The smallest absolute Gasteiger partial charge is 0.176 e. The van der Waals surface area contributed by atoms with Gasteiger partial charge in [0.2, 0.25) is 0 Å². The Morgan fingerprint density at radius 3 is 2.76 bits per heavy atom. The Labute approximate surface area is 221 Å². The summed E-state index contributed by atoms with van der Waals surface area (Å²) >= 11 is 0. The number of ketones is 1. The van der Waals surface area contributed by atoms with E-state index >= 15 is 0 Å². The summed E-state index contributed by atoms with van der Waals surface area (Å²) in [6.45, 7) is 8.93. The van der Waals surface area contributed by atoms with Crippen LogP contribution in [-0.4, -0.2) is 56.3 Å². The number of aryl methyl sites for hydroxylation is 2. The first-order valence-corrected chi connectivity index (χ1v) is 13.1. The van der Waals surface area contributed by atoms with Gasteiger partial charge in [-0.3, -0.25) is 15.6 Å². The molecule has 9 heteroatoms. The van der Waals surface area contributed by atoms with Crippen LogP contribution in [0.3, 0.4) is 0 Å². The van der Waals surface area contributed by atoms with E-state index in [0.29, 0.717) is 23.5 Å². The van der Waals surface area contributed by atoms with E-state index in [-0.39, 0.29) is 11.4 Å². The zero-order valence-electron chi connectivity index (χ0n) is 22.0. The molecule has 196 valence electrons. The van der Waals surface area contributed by atoms with Gasteiger partial charge in [0, 0.05) is 42.4 Å². The molecular weight excluding hydrogens is 480 g/mol. The molecule has 0 bridgehead atoms. The number of likely N-dealkylation sites (tertiary alicyclic amines) is 1. The predicted molar refractivity (Wildman–Crippen MR) is 144 cm³/mol. The molecule has 38 heavy (non-hydrogen) atoms. The van der Waals surface area contributed by atoms with Crippen LogP contribution >= 0.6 is 0 Å². The molecule has 0 amide bonds. The number of aromatic amines is 1. The minimum atomic E-state index is -0.687. The molecule has 4 heterocycles. The molecule has 0 radical (unpaired) electrons. The molecule has 1 spiro atoms. The highest BCUT2D eigenvalue weighted by Gasteiger charge is 2.42. The monoisotopic (exact) mass is 512 g/mol. The van der Waals surface area contributed by atoms with Crippen LogP contribution in [0.1, 0.15) is 59.6 Å². The van der Waals surface area contributed by atoms with Crippen LogP contribution in [0.5, 0.6) is 11.5 Å². The third-order valence-corrected chi connectivity index (χ3v) is 7.93. The van der Waals surface area contributed by atoms with E-state index in [1.54, 1.807) is 6.20 Å². The number of hydrogen-bond donors (Lipinski definition) is 2. The number of nitrogens with zero attached hydrogens (tertiary/aromatic N) is 4. The Balaban J connectivity index is 1.28. The van der Waals surface area contributed by atoms with Crippen molar-refractivity contribution in [2.45, 2.75) is 51.9 Å². The standard InChI is InChI=1S/C29H32N6O3/c1-4-35-11-9-29(10-12-35)15-24(36)22-13-19(5-8-25(22)38-29)27-21-14-20(6-7-23(21)33-34-27)37-28(30)26-17(2)16-31-32-18(26)3/h5-8,13-14,16,28H,4,9-12,15,30H2,1-3H3,(H,33,34)/t28-/m0/s1. The summed E-state index contributed by atoms with van der Waals surface area (Å²) in [7, 11) is 0. The first kappa shape index (κ1) is 24.5. The number of benzene rings is 2. The van der Waals surface area contributed by atoms with Crippen LogP contribution in [0.4, 0.5) is 0 Å². The van der Waals surface area contributed by atoms with Crippen LogP contribution in [0.25, 0.3) is 22.2 Å². The van der Waals surface area contributed by atoms with Gasteiger partial charge >= 0.3 is 0 Å². The van der Waals surface area contributed by atoms with E-state index in [9.17, 15) is 4.79 Å². The van der Waals surface area contributed by atoms with Crippen molar-refractivity contribution in [2.75, 3.05) is 19.6 Å². The van der Waals surface area contributed by atoms with Crippen LogP contribution in [-0.2, 0) is 0 Å². The van der Waals surface area contributed by atoms with Gasteiger partial charge in [0.15, 0.2) is 12.0 Å². The van der Waals surface area contributed by atoms with E-state index < -0.39 is 6.23 Å². The second-order valence-corrected chi connectivity index (χ2v) is 10.4. The quantitative estimate of drug-likeness (QED) is 0.375. The molecule has 1 atom stereocenters. The summed E-state index contributed by atoms with van der Waals surface area (Å²) in [5.41, 5.74) is 11.6. The zero-order valence-corrected chi connectivity index (χ0v) is 22.0. The van der Waals surface area contributed by atoms with Gasteiger partial charge in [-0.1, -0.05) is 6.92 Å². The Morgan fingerprint density at radius 1 is 1.18 bits per heavy atom. The van der Waals surface area contributed by atoms with E-state index in [1.165, 1.54) is 0 Å². The van der Waals surface area contributed by atoms with Crippen molar-refractivity contribution in [1.29, 1.82) is 0 Å². The number of H-pyrrole nitrogens is 1. The molecule has 6 rings (SSSR count). The molecule has 2 aromatic heterocycles. The number of Topliss-reactive ketones (excluding diaryl/α,β-unsaturated/α-hetero) is 1. The van der Waals surface area contributed by atoms with Crippen molar-refractivity contribution in [3.8, 4) is 22.8 Å². The lowest BCUT2D eigenvalue weighted by molar-refractivity contribution is -0.00779. The number of carbonyl (C=O) groups is 1. The van der Waals surface area contributed by atoms with E-state index in [0.717, 1.165) is 71.5 Å². The van der Waals surface area contributed by atoms with Gasteiger partial charge in [0.05, 0.1) is 29.4 Å². The largest absolute Gasteiger partial charge is 0.486 e.